The van der Waals surface area contributed by atoms with Crippen molar-refractivity contribution >= 4 is 17.4 Å². The Bertz CT molecular complexity index is 698. The number of Topliss-reactive ketones (excluding diaryl/α,β-unsaturated/α-hetero) is 1. The summed E-state index contributed by atoms with van der Waals surface area (Å²) in [6, 6.07) is 12.2. The van der Waals surface area contributed by atoms with Gasteiger partial charge >= 0.3 is 0 Å². The molecular formula is C18H18FNO3. The van der Waals surface area contributed by atoms with Crippen LogP contribution in [0.3, 0.4) is 0 Å². The third kappa shape index (κ3) is 4.64. The first-order valence-electron chi connectivity index (χ1n) is 7.33. The maximum Gasteiger partial charge on any atom is 0.265 e. The molecule has 0 saturated carbocycles. The van der Waals surface area contributed by atoms with E-state index in [1.165, 1.54) is 31.2 Å². The molecule has 0 unspecified atom stereocenters. The van der Waals surface area contributed by atoms with Gasteiger partial charge in [0.05, 0.1) is 0 Å². The minimum atomic E-state index is -0.707. The second-order valence-electron chi connectivity index (χ2n) is 5.09. The molecule has 0 saturated heterocycles. The van der Waals surface area contributed by atoms with Crippen molar-refractivity contribution in [3.05, 3.63) is 59.9 Å². The predicted molar refractivity (Wildman–Crippen MR) is 86.2 cm³/mol. The van der Waals surface area contributed by atoms with Crippen LogP contribution in [-0.2, 0) is 4.79 Å². The fraction of sp³-hybridized carbons (Fsp3) is 0.222. The molecule has 2 aromatic carbocycles. The molecule has 2 rings (SSSR count). The minimum absolute atomic E-state index is 0.0734. The van der Waals surface area contributed by atoms with Gasteiger partial charge in [-0.15, -0.1) is 0 Å². The molecule has 23 heavy (non-hydrogen) atoms. The number of hydrogen-bond donors (Lipinski definition) is 1. The number of carbonyl (C=O) groups is 2. The van der Waals surface area contributed by atoms with Crippen LogP contribution < -0.4 is 10.1 Å². The Hall–Kier alpha value is -2.69. The first-order chi connectivity index (χ1) is 11.0. The van der Waals surface area contributed by atoms with E-state index in [2.05, 4.69) is 5.32 Å². The molecule has 0 fully saturated rings. The standard InChI is InChI=1S/C18H18FNO3/c1-3-17(23-16-9-7-14(19)8-10-16)18(22)20-15-6-4-5-13(11-15)12(2)21/h4-11,17H,3H2,1-2H3,(H,20,22)/t17-/m0/s1. The summed E-state index contributed by atoms with van der Waals surface area (Å²) in [5.74, 6) is -0.338. The summed E-state index contributed by atoms with van der Waals surface area (Å²) in [6.45, 7) is 3.28. The van der Waals surface area contributed by atoms with Crippen molar-refractivity contribution in [1.82, 2.24) is 0 Å². The fourth-order valence-corrected chi connectivity index (χ4v) is 2.04. The number of rotatable bonds is 6. The molecule has 0 bridgehead atoms. The summed E-state index contributed by atoms with van der Waals surface area (Å²) in [5, 5.41) is 2.73. The number of benzene rings is 2. The predicted octanol–water partition coefficient (Wildman–Crippen LogP) is 3.82. The van der Waals surface area contributed by atoms with Gasteiger partial charge in [0, 0.05) is 11.3 Å². The zero-order chi connectivity index (χ0) is 16.8. The molecule has 120 valence electrons. The topological polar surface area (TPSA) is 55.4 Å². The third-order valence-electron chi connectivity index (χ3n) is 3.29. The highest BCUT2D eigenvalue weighted by Crippen LogP contribution is 2.16. The average molecular weight is 315 g/mol. The SMILES string of the molecule is CC[C@H](Oc1ccc(F)cc1)C(=O)Nc1cccc(C(C)=O)c1. The second-order valence-corrected chi connectivity index (χ2v) is 5.09. The van der Waals surface area contributed by atoms with Gasteiger partial charge in [0.25, 0.3) is 5.91 Å². The lowest BCUT2D eigenvalue weighted by atomic mass is 10.1. The van der Waals surface area contributed by atoms with Gasteiger partial charge in [-0.1, -0.05) is 19.1 Å². The van der Waals surface area contributed by atoms with E-state index in [-0.39, 0.29) is 17.5 Å². The van der Waals surface area contributed by atoms with Gasteiger partial charge in [-0.2, -0.15) is 0 Å². The van der Waals surface area contributed by atoms with E-state index in [0.29, 0.717) is 23.4 Å². The van der Waals surface area contributed by atoms with Gasteiger partial charge in [-0.25, -0.2) is 4.39 Å². The smallest absolute Gasteiger partial charge is 0.265 e. The molecule has 1 N–H and O–H groups in total. The largest absolute Gasteiger partial charge is 0.481 e. The third-order valence-corrected chi connectivity index (χ3v) is 3.29. The van der Waals surface area contributed by atoms with Crippen LogP contribution in [0.15, 0.2) is 48.5 Å². The molecule has 4 nitrogen and oxygen atoms in total. The van der Waals surface area contributed by atoms with Crippen LogP contribution in [0.2, 0.25) is 0 Å². The van der Waals surface area contributed by atoms with Crippen molar-refractivity contribution in [3.63, 3.8) is 0 Å². The molecule has 0 radical (unpaired) electrons. The van der Waals surface area contributed by atoms with Crippen molar-refractivity contribution in [2.24, 2.45) is 0 Å². The first kappa shape index (κ1) is 16.7. The second kappa shape index (κ2) is 7.54. The summed E-state index contributed by atoms with van der Waals surface area (Å²) in [6.07, 6.45) is -0.253. The van der Waals surface area contributed by atoms with Crippen LogP contribution in [0.1, 0.15) is 30.6 Å². The van der Waals surface area contributed by atoms with Crippen LogP contribution in [0.25, 0.3) is 0 Å². The number of nitrogens with one attached hydrogen (secondary N) is 1. The number of ketones is 1. The Morgan fingerprint density at radius 2 is 1.87 bits per heavy atom. The van der Waals surface area contributed by atoms with Crippen LogP contribution in [-0.4, -0.2) is 17.8 Å². The number of anilines is 1. The van der Waals surface area contributed by atoms with E-state index in [1.54, 1.807) is 24.3 Å². The molecule has 2 aromatic rings. The summed E-state index contributed by atoms with van der Waals surface area (Å²) >= 11 is 0. The highest BCUT2D eigenvalue weighted by molar-refractivity contribution is 5.98. The Morgan fingerprint density at radius 3 is 2.48 bits per heavy atom. The van der Waals surface area contributed by atoms with Crippen molar-refractivity contribution < 1.29 is 18.7 Å². The van der Waals surface area contributed by atoms with Crippen LogP contribution in [0.4, 0.5) is 10.1 Å². The van der Waals surface area contributed by atoms with E-state index in [1.807, 2.05) is 6.92 Å². The maximum absolute atomic E-state index is 12.9. The minimum Gasteiger partial charge on any atom is -0.481 e. The molecule has 0 heterocycles. The lowest BCUT2D eigenvalue weighted by Gasteiger charge is -2.17. The number of hydrogen-bond acceptors (Lipinski definition) is 3. The Balaban J connectivity index is 2.06. The van der Waals surface area contributed by atoms with Gasteiger partial charge in [0.1, 0.15) is 11.6 Å². The van der Waals surface area contributed by atoms with Gasteiger partial charge in [-0.05, 0) is 49.7 Å². The Kier molecular flexibility index (Phi) is 5.46. The van der Waals surface area contributed by atoms with Crippen molar-refractivity contribution in [2.75, 3.05) is 5.32 Å². The van der Waals surface area contributed by atoms with Crippen LogP contribution >= 0.6 is 0 Å². The Labute approximate surface area is 134 Å². The summed E-state index contributed by atoms with van der Waals surface area (Å²) in [4.78, 5) is 23.7. The molecule has 0 aliphatic rings. The molecule has 1 atom stereocenters. The normalized spacial score (nSPS) is 11.6. The summed E-state index contributed by atoms with van der Waals surface area (Å²) < 4.78 is 18.5. The van der Waals surface area contributed by atoms with E-state index in [9.17, 15) is 14.0 Å². The molecule has 0 spiro atoms. The van der Waals surface area contributed by atoms with Crippen molar-refractivity contribution in [1.29, 1.82) is 0 Å². The summed E-state index contributed by atoms with van der Waals surface area (Å²) in [5.41, 5.74) is 1.05. The number of ether oxygens (including phenoxy) is 1. The quantitative estimate of drug-likeness (QED) is 0.824. The maximum atomic E-state index is 12.9. The zero-order valence-corrected chi connectivity index (χ0v) is 13.0. The molecule has 5 heteroatoms. The molecule has 1 amide bonds. The molecule has 0 aliphatic carbocycles. The van der Waals surface area contributed by atoms with E-state index < -0.39 is 6.10 Å². The lowest BCUT2D eigenvalue weighted by molar-refractivity contribution is -0.122. The van der Waals surface area contributed by atoms with E-state index in [4.69, 9.17) is 4.74 Å². The summed E-state index contributed by atoms with van der Waals surface area (Å²) in [7, 11) is 0. The van der Waals surface area contributed by atoms with Gasteiger partial charge < -0.3 is 10.1 Å². The molecular weight excluding hydrogens is 297 g/mol. The van der Waals surface area contributed by atoms with Gasteiger partial charge in [0.2, 0.25) is 0 Å². The zero-order valence-electron chi connectivity index (χ0n) is 13.0. The molecule has 0 aromatic heterocycles. The first-order valence-corrected chi connectivity index (χ1v) is 7.33. The van der Waals surface area contributed by atoms with Crippen LogP contribution in [0.5, 0.6) is 5.75 Å². The van der Waals surface area contributed by atoms with E-state index >= 15 is 0 Å². The van der Waals surface area contributed by atoms with Crippen molar-refractivity contribution in [2.45, 2.75) is 26.4 Å². The highest BCUT2D eigenvalue weighted by Gasteiger charge is 2.18. The Morgan fingerprint density at radius 1 is 1.17 bits per heavy atom. The number of carbonyl (C=O) groups excluding carboxylic acids is 2. The number of amides is 1. The highest BCUT2D eigenvalue weighted by atomic mass is 19.1. The number of halogens is 1. The van der Waals surface area contributed by atoms with Crippen LogP contribution in [0, 0.1) is 5.82 Å². The molecule has 0 aliphatic heterocycles. The lowest BCUT2D eigenvalue weighted by Crippen LogP contribution is -2.32. The van der Waals surface area contributed by atoms with E-state index in [0.717, 1.165) is 0 Å². The van der Waals surface area contributed by atoms with Crippen molar-refractivity contribution in [3.8, 4) is 5.75 Å². The average Bonchev–Trinajstić information content (AvgIpc) is 2.54. The van der Waals surface area contributed by atoms with Gasteiger partial charge in [-0.3, -0.25) is 9.59 Å². The van der Waals surface area contributed by atoms with Gasteiger partial charge in [0.15, 0.2) is 11.9 Å². The monoisotopic (exact) mass is 315 g/mol. The fourth-order valence-electron chi connectivity index (χ4n) is 2.04.